The van der Waals surface area contributed by atoms with E-state index in [1.54, 1.807) is 45.0 Å². The number of benzene rings is 1. The van der Waals surface area contributed by atoms with Crippen molar-refractivity contribution in [1.29, 1.82) is 0 Å². The summed E-state index contributed by atoms with van der Waals surface area (Å²) < 4.78 is 5.13. The molecule has 4 N–H and O–H groups in total. The van der Waals surface area contributed by atoms with Gasteiger partial charge in [0.2, 0.25) is 0 Å². The lowest BCUT2D eigenvalue weighted by atomic mass is 10.0. The summed E-state index contributed by atoms with van der Waals surface area (Å²) in [5.41, 5.74) is 6.15. The smallest absolute Gasteiger partial charge is 0.408 e. The third-order valence-corrected chi connectivity index (χ3v) is 2.38. The van der Waals surface area contributed by atoms with Crippen LogP contribution >= 0.6 is 0 Å². The summed E-state index contributed by atoms with van der Waals surface area (Å²) in [6, 6.07) is 6.04. The monoisotopic (exact) mass is 280 g/mol. The molecular formula is C14H20N2O4. The average Bonchev–Trinajstić information content (AvgIpc) is 2.24. The summed E-state index contributed by atoms with van der Waals surface area (Å²) in [6.07, 6.45) is -0.908. The number of rotatable bonds is 4. The van der Waals surface area contributed by atoms with Gasteiger partial charge in [0.15, 0.2) is 0 Å². The molecular weight excluding hydrogens is 260 g/mol. The number of nitrogens with one attached hydrogen (secondary N) is 1. The molecule has 0 saturated carbocycles. The molecule has 1 unspecified atom stereocenters. The molecule has 0 aliphatic heterocycles. The summed E-state index contributed by atoms with van der Waals surface area (Å²) in [4.78, 5) is 22.7. The zero-order valence-electron chi connectivity index (χ0n) is 11.8. The van der Waals surface area contributed by atoms with Gasteiger partial charge in [-0.05, 0) is 38.5 Å². The summed E-state index contributed by atoms with van der Waals surface area (Å²) in [5.74, 6) is -1.02. The van der Waals surface area contributed by atoms with Crippen LogP contribution in [0.2, 0.25) is 0 Å². The first-order valence-electron chi connectivity index (χ1n) is 6.24. The molecule has 0 aliphatic rings. The molecule has 1 atom stereocenters. The molecule has 6 heteroatoms. The minimum atomic E-state index is -1.02. The Kier molecular flexibility index (Phi) is 4.96. The van der Waals surface area contributed by atoms with Gasteiger partial charge >= 0.3 is 12.1 Å². The van der Waals surface area contributed by atoms with Crippen molar-refractivity contribution in [2.75, 3.05) is 5.73 Å². The quantitative estimate of drug-likeness (QED) is 0.734. The summed E-state index contributed by atoms with van der Waals surface area (Å²) >= 11 is 0. The van der Waals surface area contributed by atoms with Crippen LogP contribution in [0.25, 0.3) is 0 Å². The number of anilines is 1. The van der Waals surface area contributed by atoms with E-state index in [-0.39, 0.29) is 6.42 Å². The van der Waals surface area contributed by atoms with Gasteiger partial charge in [0, 0.05) is 5.69 Å². The fourth-order valence-electron chi connectivity index (χ4n) is 1.65. The maximum atomic E-state index is 11.8. The van der Waals surface area contributed by atoms with Gasteiger partial charge in [-0.3, -0.25) is 4.79 Å². The second-order valence-electron chi connectivity index (χ2n) is 5.47. The summed E-state index contributed by atoms with van der Waals surface area (Å²) in [7, 11) is 0. The average molecular weight is 280 g/mol. The predicted molar refractivity (Wildman–Crippen MR) is 75.2 cm³/mol. The molecule has 0 saturated heterocycles. The highest BCUT2D eigenvalue weighted by Gasteiger charge is 2.22. The van der Waals surface area contributed by atoms with E-state index in [0.29, 0.717) is 11.3 Å². The second kappa shape index (κ2) is 6.27. The zero-order chi connectivity index (χ0) is 15.3. The number of carboxylic acids is 1. The maximum Gasteiger partial charge on any atom is 0.408 e. The van der Waals surface area contributed by atoms with Gasteiger partial charge in [-0.15, -0.1) is 0 Å². The Morgan fingerprint density at radius 2 is 2.05 bits per heavy atom. The molecule has 0 heterocycles. The van der Waals surface area contributed by atoms with E-state index >= 15 is 0 Å². The lowest BCUT2D eigenvalue weighted by Crippen LogP contribution is -2.35. The van der Waals surface area contributed by atoms with E-state index in [0.717, 1.165) is 0 Å². The lowest BCUT2D eigenvalue weighted by Gasteiger charge is -2.23. The van der Waals surface area contributed by atoms with Crippen molar-refractivity contribution in [3.05, 3.63) is 29.8 Å². The molecule has 0 aliphatic carbocycles. The Morgan fingerprint density at radius 3 is 2.55 bits per heavy atom. The normalized spacial score (nSPS) is 12.6. The van der Waals surface area contributed by atoms with E-state index in [9.17, 15) is 9.59 Å². The standard InChI is InChI=1S/C14H20N2O4/c1-14(2,3)20-13(19)16-11(8-12(17)18)9-5-4-6-10(15)7-9/h4-7,11H,8,15H2,1-3H3,(H,16,19)(H,17,18). The number of nitrogens with two attached hydrogens (primary N) is 1. The molecule has 0 aromatic heterocycles. The van der Waals surface area contributed by atoms with Crippen LogP contribution in [0, 0.1) is 0 Å². The van der Waals surface area contributed by atoms with Gasteiger partial charge in [0.25, 0.3) is 0 Å². The molecule has 20 heavy (non-hydrogen) atoms. The molecule has 0 radical (unpaired) electrons. The Morgan fingerprint density at radius 1 is 1.40 bits per heavy atom. The van der Waals surface area contributed by atoms with Gasteiger partial charge in [0.05, 0.1) is 12.5 Å². The number of carbonyl (C=O) groups is 2. The highest BCUT2D eigenvalue weighted by Crippen LogP contribution is 2.20. The van der Waals surface area contributed by atoms with Crippen molar-refractivity contribution < 1.29 is 19.4 Å². The second-order valence-corrected chi connectivity index (χ2v) is 5.47. The van der Waals surface area contributed by atoms with Gasteiger partial charge < -0.3 is 20.9 Å². The fraction of sp³-hybridized carbons (Fsp3) is 0.429. The number of carbonyl (C=O) groups excluding carboxylic acids is 1. The highest BCUT2D eigenvalue weighted by molar-refractivity contribution is 5.72. The molecule has 1 rings (SSSR count). The number of hydrogen-bond acceptors (Lipinski definition) is 4. The van der Waals surface area contributed by atoms with Crippen LogP contribution in [-0.2, 0) is 9.53 Å². The molecule has 6 nitrogen and oxygen atoms in total. The van der Waals surface area contributed by atoms with E-state index in [1.807, 2.05) is 0 Å². The minimum absolute atomic E-state index is 0.247. The highest BCUT2D eigenvalue weighted by atomic mass is 16.6. The lowest BCUT2D eigenvalue weighted by molar-refractivity contribution is -0.137. The van der Waals surface area contributed by atoms with Gasteiger partial charge in [-0.1, -0.05) is 12.1 Å². The molecule has 1 aromatic carbocycles. The molecule has 1 aromatic rings. The van der Waals surface area contributed by atoms with Crippen LogP contribution in [0.4, 0.5) is 10.5 Å². The zero-order valence-corrected chi connectivity index (χ0v) is 11.8. The van der Waals surface area contributed by atoms with Crippen molar-refractivity contribution in [1.82, 2.24) is 5.32 Å². The number of amides is 1. The first-order valence-corrected chi connectivity index (χ1v) is 6.24. The topological polar surface area (TPSA) is 102 Å². The van der Waals surface area contributed by atoms with Crippen molar-refractivity contribution in [3.63, 3.8) is 0 Å². The van der Waals surface area contributed by atoms with Crippen LogP contribution in [0.1, 0.15) is 38.8 Å². The Bertz CT molecular complexity index is 494. The number of aliphatic carboxylic acids is 1. The van der Waals surface area contributed by atoms with E-state index in [2.05, 4.69) is 5.32 Å². The van der Waals surface area contributed by atoms with Crippen LogP contribution in [0.15, 0.2) is 24.3 Å². The Hall–Kier alpha value is -2.24. The SMILES string of the molecule is CC(C)(C)OC(=O)NC(CC(=O)O)c1cccc(N)c1. The van der Waals surface area contributed by atoms with E-state index in [4.69, 9.17) is 15.6 Å². The number of ether oxygens (including phenoxy) is 1. The van der Waals surface area contributed by atoms with Crippen molar-refractivity contribution in [3.8, 4) is 0 Å². The fourth-order valence-corrected chi connectivity index (χ4v) is 1.65. The molecule has 0 bridgehead atoms. The van der Waals surface area contributed by atoms with Crippen LogP contribution in [0.3, 0.4) is 0 Å². The third kappa shape index (κ3) is 5.60. The number of alkyl carbamates (subject to hydrolysis) is 1. The molecule has 1 amide bonds. The van der Waals surface area contributed by atoms with Crippen molar-refractivity contribution in [2.24, 2.45) is 0 Å². The number of hydrogen-bond donors (Lipinski definition) is 3. The number of carboxylic acid groups (broad SMARTS) is 1. The van der Waals surface area contributed by atoms with Gasteiger partial charge in [-0.25, -0.2) is 4.79 Å². The largest absolute Gasteiger partial charge is 0.481 e. The van der Waals surface area contributed by atoms with Gasteiger partial charge in [0.1, 0.15) is 5.60 Å². The van der Waals surface area contributed by atoms with Crippen LogP contribution in [-0.4, -0.2) is 22.8 Å². The van der Waals surface area contributed by atoms with Crippen LogP contribution < -0.4 is 11.1 Å². The third-order valence-electron chi connectivity index (χ3n) is 2.38. The van der Waals surface area contributed by atoms with Crippen LogP contribution in [0.5, 0.6) is 0 Å². The van der Waals surface area contributed by atoms with E-state index < -0.39 is 23.7 Å². The van der Waals surface area contributed by atoms with Crippen molar-refractivity contribution in [2.45, 2.75) is 38.8 Å². The Balaban J connectivity index is 2.85. The number of nitrogen functional groups attached to an aromatic ring is 1. The first kappa shape index (κ1) is 15.8. The molecule has 0 spiro atoms. The maximum absolute atomic E-state index is 11.8. The first-order chi connectivity index (χ1) is 9.17. The van der Waals surface area contributed by atoms with E-state index in [1.165, 1.54) is 0 Å². The summed E-state index contributed by atoms with van der Waals surface area (Å²) in [6.45, 7) is 5.21. The molecule has 0 fully saturated rings. The van der Waals surface area contributed by atoms with Gasteiger partial charge in [-0.2, -0.15) is 0 Å². The predicted octanol–water partition coefficient (Wildman–Crippen LogP) is 2.31. The summed E-state index contributed by atoms with van der Waals surface area (Å²) in [5, 5.41) is 11.5. The Labute approximate surface area is 117 Å². The molecule has 110 valence electrons. The minimum Gasteiger partial charge on any atom is -0.481 e. The van der Waals surface area contributed by atoms with Crippen molar-refractivity contribution >= 4 is 17.7 Å².